The Morgan fingerprint density at radius 1 is 1.22 bits per heavy atom. The molecule has 3 rings (SSSR count). The van der Waals surface area contributed by atoms with Crippen LogP contribution in [0.3, 0.4) is 0 Å². The fourth-order valence-electron chi connectivity index (χ4n) is 2.83. The van der Waals surface area contributed by atoms with Gasteiger partial charge >= 0.3 is 5.97 Å². The first-order valence-corrected chi connectivity index (χ1v) is 9.55. The molecule has 2 N–H and O–H groups in total. The lowest BCUT2D eigenvalue weighted by Gasteiger charge is -2.25. The molecule has 7 heteroatoms. The molecule has 1 aliphatic rings. The first kappa shape index (κ1) is 19.0. The summed E-state index contributed by atoms with van der Waals surface area (Å²) in [4.78, 5) is 38.4. The molecule has 0 bridgehead atoms. The first-order chi connectivity index (χ1) is 12.9. The Bertz CT molecular complexity index is 870. The number of hydrogen-bond acceptors (Lipinski definition) is 4. The molecule has 27 heavy (non-hydrogen) atoms. The van der Waals surface area contributed by atoms with Crippen LogP contribution in [0.25, 0.3) is 0 Å². The summed E-state index contributed by atoms with van der Waals surface area (Å²) in [6.07, 6.45) is 0. The molecule has 0 spiro atoms. The second-order valence-electron chi connectivity index (χ2n) is 6.46. The van der Waals surface area contributed by atoms with Crippen LogP contribution >= 0.6 is 11.8 Å². The zero-order chi connectivity index (χ0) is 19.4. The van der Waals surface area contributed by atoms with E-state index in [1.54, 1.807) is 19.1 Å². The number of benzene rings is 2. The first-order valence-electron chi connectivity index (χ1n) is 8.56. The molecule has 140 valence electrons. The predicted octanol–water partition coefficient (Wildman–Crippen LogP) is 3.09. The van der Waals surface area contributed by atoms with E-state index in [9.17, 15) is 19.5 Å². The van der Waals surface area contributed by atoms with Crippen LogP contribution < -0.4 is 5.32 Å². The van der Waals surface area contributed by atoms with Gasteiger partial charge in [-0.05, 0) is 23.8 Å². The predicted molar refractivity (Wildman–Crippen MR) is 104 cm³/mol. The Kier molecular flexibility index (Phi) is 5.81. The van der Waals surface area contributed by atoms with Crippen LogP contribution in [0.2, 0.25) is 0 Å². The van der Waals surface area contributed by atoms with Crippen molar-refractivity contribution in [1.82, 2.24) is 4.90 Å². The molecule has 0 radical (unpaired) electrons. The summed E-state index contributed by atoms with van der Waals surface area (Å²) < 4.78 is 0. The second-order valence-corrected chi connectivity index (χ2v) is 7.48. The number of fused-ring (bicyclic) bond motifs is 1. The minimum atomic E-state index is -0.949. The number of carbonyl (C=O) groups excluding carboxylic acids is 2. The third-order valence-corrected chi connectivity index (χ3v) is 5.35. The van der Waals surface area contributed by atoms with Gasteiger partial charge in [0.1, 0.15) is 0 Å². The number of carbonyl (C=O) groups is 3. The van der Waals surface area contributed by atoms with Crippen LogP contribution in [-0.4, -0.2) is 40.1 Å². The Balaban J connectivity index is 1.86. The third-order valence-electron chi connectivity index (χ3n) is 4.28. The SMILES string of the molecule is CC(CN(Cc1ccccc1)C(=O)c1ccc2c(c1)NC(=O)CS2)C(=O)O. The van der Waals surface area contributed by atoms with E-state index in [-0.39, 0.29) is 18.4 Å². The number of rotatable bonds is 6. The largest absolute Gasteiger partial charge is 0.481 e. The minimum absolute atomic E-state index is 0.0985. The van der Waals surface area contributed by atoms with Gasteiger partial charge in [0, 0.05) is 23.5 Å². The summed E-state index contributed by atoms with van der Waals surface area (Å²) in [5.74, 6) is -1.64. The molecule has 0 saturated carbocycles. The summed E-state index contributed by atoms with van der Waals surface area (Å²) in [7, 11) is 0. The standard InChI is InChI=1S/C20H20N2O4S/c1-13(20(25)26)10-22(11-14-5-3-2-4-6-14)19(24)15-7-8-17-16(9-15)21-18(23)12-27-17/h2-9,13H,10-12H2,1H3,(H,21,23)(H,25,26). The number of carboxylic acids is 1. The summed E-state index contributed by atoms with van der Waals surface area (Å²) in [5, 5.41) is 12.0. The molecule has 0 saturated heterocycles. The molecule has 6 nitrogen and oxygen atoms in total. The number of nitrogens with one attached hydrogen (secondary N) is 1. The van der Waals surface area contributed by atoms with E-state index in [2.05, 4.69) is 5.32 Å². The molecule has 0 aliphatic carbocycles. The smallest absolute Gasteiger partial charge is 0.308 e. The van der Waals surface area contributed by atoms with E-state index >= 15 is 0 Å². The van der Waals surface area contributed by atoms with Gasteiger partial charge in [-0.25, -0.2) is 0 Å². The zero-order valence-electron chi connectivity index (χ0n) is 14.8. The van der Waals surface area contributed by atoms with E-state index in [4.69, 9.17) is 0 Å². The summed E-state index contributed by atoms with van der Waals surface area (Å²) in [6, 6.07) is 14.6. The van der Waals surface area contributed by atoms with Gasteiger partial charge in [0.15, 0.2) is 0 Å². The average Bonchev–Trinajstić information content (AvgIpc) is 2.67. The van der Waals surface area contributed by atoms with Gasteiger partial charge in [0.2, 0.25) is 5.91 Å². The fourth-order valence-corrected chi connectivity index (χ4v) is 3.62. The highest BCUT2D eigenvalue weighted by Gasteiger charge is 2.24. The van der Waals surface area contributed by atoms with E-state index < -0.39 is 11.9 Å². The van der Waals surface area contributed by atoms with Crippen molar-refractivity contribution in [2.45, 2.75) is 18.4 Å². The van der Waals surface area contributed by atoms with Gasteiger partial charge in [0.25, 0.3) is 5.91 Å². The Morgan fingerprint density at radius 3 is 2.67 bits per heavy atom. The summed E-state index contributed by atoms with van der Waals surface area (Å²) in [6.45, 7) is 1.99. The normalized spacial score (nSPS) is 14.0. The molecule has 0 fully saturated rings. The van der Waals surface area contributed by atoms with Gasteiger partial charge in [0.05, 0.1) is 17.4 Å². The van der Waals surface area contributed by atoms with Crippen LogP contribution in [0.15, 0.2) is 53.4 Å². The number of hydrogen-bond donors (Lipinski definition) is 2. The number of amides is 2. The minimum Gasteiger partial charge on any atom is -0.481 e. The summed E-state index contributed by atoms with van der Waals surface area (Å²) in [5.41, 5.74) is 1.96. The summed E-state index contributed by atoms with van der Waals surface area (Å²) >= 11 is 1.43. The molecule has 1 unspecified atom stereocenters. The Morgan fingerprint density at radius 2 is 1.96 bits per heavy atom. The van der Waals surface area contributed by atoms with Crippen LogP contribution in [0, 0.1) is 5.92 Å². The fraction of sp³-hybridized carbons (Fsp3) is 0.250. The van der Waals surface area contributed by atoms with Crippen molar-refractivity contribution in [2.24, 2.45) is 5.92 Å². The molecule has 0 aromatic heterocycles. The second kappa shape index (κ2) is 8.26. The number of anilines is 1. The van der Waals surface area contributed by atoms with Crippen molar-refractivity contribution >= 4 is 35.2 Å². The quantitative estimate of drug-likeness (QED) is 0.799. The van der Waals surface area contributed by atoms with Gasteiger partial charge in [-0.2, -0.15) is 0 Å². The van der Waals surface area contributed by atoms with Crippen molar-refractivity contribution in [3.63, 3.8) is 0 Å². The van der Waals surface area contributed by atoms with E-state index in [0.29, 0.717) is 23.5 Å². The maximum absolute atomic E-state index is 13.1. The van der Waals surface area contributed by atoms with Gasteiger partial charge in [-0.3, -0.25) is 14.4 Å². The number of nitrogens with zero attached hydrogens (tertiary/aromatic N) is 1. The Labute approximate surface area is 161 Å². The lowest BCUT2D eigenvalue weighted by molar-refractivity contribution is -0.141. The Hall–Kier alpha value is -2.80. The molecule has 1 heterocycles. The van der Waals surface area contributed by atoms with Crippen LogP contribution in [0.4, 0.5) is 5.69 Å². The van der Waals surface area contributed by atoms with Gasteiger partial charge in [-0.15, -0.1) is 11.8 Å². The van der Waals surface area contributed by atoms with E-state index in [1.807, 2.05) is 36.4 Å². The number of aliphatic carboxylic acids is 1. The van der Waals surface area contributed by atoms with Crippen molar-refractivity contribution in [2.75, 3.05) is 17.6 Å². The number of carboxylic acid groups (broad SMARTS) is 1. The zero-order valence-corrected chi connectivity index (χ0v) is 15.7. The number of thioether (sulfide) groups is 1. The monoisotopic (exact) mass is 384 g/mol. The maximum Gasteiger partial charge on any atom is 0.308 e. The highest BCUT2D eigenvalue weighted by atomic mass is 32.2. The highest BCUT2D eigenvalue weighted by Crippen LogP contribution is 2.32. The molecule has 1 atom stereocenters. The van der Waals surface area contributed by atoms with E-state index in [1.165, 1.54) is 16.7 Å². The lowest BCUT2D eigenvalue weighted by Crippen LogP contribution is -2.36. The van der Waals surface area contributed by atoms with E-state index in [0.717, 1.165) is 10.5 Å². The van der Waals surface area contributed by atoms with Crippen LogP contribution in [0.5, 0.6) is 0 Å². The molecule has 2 aromatic carbocycles. The maximum atomic E-state index is 13.1. The van der Waals surface area contributed by atoms with Crippen molar-refractivity contribution in [1.29, 1.82) is 0 Å². The average molecular weight is 384 g/mol. The molecular formula is C20H20N2O4S. The molecule has 2 amide bonds. The van der Waals surface area contributed by atoms with Crippen molar-refractivity contribution in [3.8, 4) is 0 Å². The van der Waals surface area contributed by atoms with Crippen molar-refractivity contribution in [3.05, 3.63) is 59.7 Å². The van der Waals surface area contributed by atoms with Gasteiger partial charge in [-0.1, -0.05) is 37.3 Å². The molecule has 2 aromatic rings. The third kappa shape index (κ3) is 4.68. The molecule has 1 aliphatic heterocycles. The lowest BCUT2D eigenvalue weighted by atomic mass is 10.1. The highest BCUT2D eigenvalue weighted by molar-refractivity contribution is 8.00. The van der Waals surface area contributed by atoms with Crippen LogP contribution in [0.1, 0.15) is 22.8 Å². The molecular weight excluding hydrogens is 364 g/mol. The van der Waals surface area contributed by atoms with Crippen LogP contribution in [-0.2, 0) is 16.1 Å². The van der Waals surface area contributed by atoms with Crippen molar-refractivity contribution < 1.29 is 19.5 Å². The van der Waals surface area contributed by atoms with Gasteiger partial charge < -0.3 is 15.3 Å². The topological polar surface area (TPSA) is 86.7 Å².